The van der Waals surface area contributed by atoms with Gasteiger partial charge >= 0.3 is 0 Å². The molecule has 0 fully saturated rings. The van der Waals surface area contributed by atoms with Gasteiger partial charge in [0.05, 0.1) is 0 Å². The molecule has 0 bridgehead atoms. The molecule has 1 atom stereocenters. The molecule has 4 heteroatoms. The van der Waals surface area contributed by atoms with Crippen LogP contribution in [0.4, 0.5) is 8.78 Å². The van der Waals surface area contributed by atoms with Crippen LogP contribution in [0, 0.1) is 11.6 Å². The van der Waals surface area contributed by atoms with E-state index in [1.54, 1.807) is 0 Å². The first kappa shape index (κ1) is 12.8. The number of carbonyl (C=O) groups excluding carboxylic acids is 1. The van der Waals surface area contributed by atoms with Crippen LogP contribution in [-0.4, -0.2) is 19.0 Å². The third kappa shape index (κ3) is 3.10. The summed E-state index contributed by atoms with van der Waals surface area (Å²) in [6, 6.07) is 3.20. The second kappa shape index (κ2) is 5.70. The van der Waals surface area contributed by atoms with Gasteiger partial charge in [-0.15, -0.1) is 0 Å². The highest BCUT2D eigenvalue weighted by atomic mass is 19.1. The van der Waals surface area contributed by atoms with Crippen LogP contribution >= 0.6 is 0 Å². The van der Waals surface area contributed by atoms with Crippen molar-refractivity contribution >= 4 is 5.78 Å². The van der Waals surface area contributed by atoms with Crippen LogP contribution < -0.4 is 0 Å². The van der Waals surface area contributed by atoms with E-state index < -0.39 is 17.7 Å². The number of carbonyl (C=O) groups is 1. The number of ether oxygens (including phenoxy) is 1. The second-order valence-electron chi connectivity index (χ2n) is 3.51. The summed E-state index contributed by atoms with van der Waals surface area (Å²) in [4.78, 5) is 11.6. The van der Waals surface area contributed by atoms with Crippen molar-refractivity contribution in [3.8, 4) is 0 Å². The van der Waals surface area contributed by atoms with Gasteiger partial charge in [0.15, 0.2) is 5.78 Å². The summed E-state index contributed by atoms with van der Waals surface area (Å²) in [6.07, 6.45) is -0.0548. The Bertz CT molecular complexity index is 373. The molecular formula is C12H14F2O2. The fraction of sp³-hybridized carbons (Fsp3) is 0.417. The predicted molar refractivity (Wildman–Crippen MR) is 56.2 cm³/mol. The van der Waals surface area contributed by atoms with E-state index in [4.69, 9.17) is 4.74 Å². The van der Waals surface area contributed by atoms with E-state index in [1.165, 1.54) is 13.2 Å². The van der Waals surface area contributed by atoms with E-state index in [2.05, 4.69) is 0 Å². The second-order valence-corrected chi connectivity index (χ2v) is 3.51. The topological polar surface area (TPSA) is 26.3 Å². The minimum atomic E-state index is -0.695. The van der Waals surface area contributed by atoms with Crippen molar-refractivity contribution < 1.29 is 18.3 Å². The molecule has 2 nitrogen and oxygen atoms in total. The minimum absolute atomic E-state index is 0.0710. The number of methoxy groups -OCH3 is 1. The van der Waals surface area contributed by atoms with Crippen LogP contribution in [0.2, 0.25) is 0 Å². The van der Waals surface area contributed by atoms with E-state index in [0.29, 0.717) is 6.42 Å². The van der Waals surface area contributed by atoms with Gasteiger partial charge in [-0.05, 0) is 18.1 Å². The van der Waals surface area contributed by atoms with Crippen LogP contribution in [0.1, 0.15) is 18.9 Å². The fourth-order valence-corrected chi connectivity index (χ4v) is 1.49. The number of halogens is 2. The monoisotopic (exact) mass is 228 g/mol. The molecule has 1 aromatic carbocycles. The normalized spacial score (nSPS) is 12.5. The Labute approximate surface area is 93.2 Å². The minimum Gasteiger partial charge on any atom is -0.374 e. The lowest BCUT2D eigenvalue weighted by molar-refractivity contribution is -0.128. The van der Waals surface area contributed by atoms with Gasteiger partial charge in [-0.1, -0.05) is 13.0 Å². The molecule has 1 rings (SSSR count). The molecular weight excluding hydrogens is 214 g/mol. The molecule has 0 aliphatic carbocycles. The van der Waals surface area contributed by atoms with E-state index >= 15 is 0 Å². The third-order valence-electron chi connectivity index (χ3n) is 2.39. The first-order chi connectivity index (χ1) is 7.58. The summed E-state index contributed by atoms with van der Waals surface area (Å²) in [7, 11) is 1.44. The van der Waals surface area contributed by atoms with Gasteiger partial charge < -0.3 is 4.74 Å². The molecule has 0 aliphatic rings. The predicted octanol–water partition coefficient (Wildman–Crippen LogP) is 2.50. The van der Waals surface area contributed by atoms with Crippen molar-refractivity contribution in [2.45, 2.75) is 25.9 Å². The average Bonchev–Trinajstić information content (AvgIpc) is 2.24. The maximum absolute atomic E-state index is 13.2. The van der Waals surface area contributed by atoms with E-state index in [-0.39, 0.29) is 17.8 Å². The number of ketones is 1. The lowest BCUT2D eigenvalue weighted by Gasteiger charge is -2.11. The zero-order valence-corrected chi connectivity index (χ0v) is 9.30. The van der Waals surface area contributed by atoms with Crippen molar-refractivity contribution in [2.24, 2.45) is 0 Å². The van der Waals surface area contributed by atoms with E-state index in [9.17, 15) is 13.6 Å². The molecule has 0 spiro atoms. The Balaban J connectivity index is 2.76. The molecule has 0 aromatic heterocycles. The number of rotatable bonds is 5. The zero-order valence-electron chi connectivity index (χ0n) is 9.30. The molecule has 0 amide bonds. The number of benzene rings is 1. The lowest BCUT2D eigenvalue weighted by atomic mass is 10.0. The Hall–Kier alpha value is -1.29. The molecule has 0 saturated heterocycles. The highest BCUT2D eigenvalue weighted by molar-refractivity contribution is 5.85. The van der Waals surface area contributed by atoms with Crippen molar-refractivity contribution in [3.05, 3.63) is 35.4 Å². The highest BCUT2D eigenvalue weighted by Crippen LogP contribution is 2.12. The molecule has 0 saturated carbocycles. The first-order valence-corrected chi connectivity index (χ1v) is 5.08. The molecule has 0 radical (unpaired) electrons. The van der Waals surface area contributed by atoms with Crippen LogP contribution in [0.3, 0.4) is 0 Å². The molecule has 1 unspecified atom stereocenters. The molecule has 0 N–H and O–H groups in total. The standard InChI is InChI=1S/C12H14F2O2/c1-3-12(16-2)11(15)6-8-4-5-9(13)7-10(8)14/h4-5,7,12H,3,6H2,1-2H3. The third-order valence-corrected chi connectivity index (χ3v) is 2.39. The van der Waals surface area contributed by atoms with Gasteiger partial charge in [0.1, 0.15) is 17.7 Å². The quantitative estimate of drug-likeness (QED) is 0.774. The van der Waals surface area contributed by atoms with Gasteiger partial charge in [-0.2, -0.15) is 0 Å². The Morgan fingerprint density at radius 3 is 2.62 bits per heavy atom. The highest BCUT2D eigenvalue weighted by Gasteiger charge is 2.17. The zero-order chi connectivity index (χ0) is 12.1. The van der Waals surface area contributed by atoms with Crippen LogP contribution in [-0.2, 0) is 16.0 Å². The number of hydrogen-bond acceptors (Lipinski definition) is 2. The van der Waals surface area contributed by atoms with Crippen LogP contribution in [0.25, 0.3) is 0 Å². The van der Waals surface area contributed by atoms with Gasteiger partial charge in [0, 0.05) is 19.6 Å². The molecule has 0 aliphatic heterocycles. The average molecular weight is 228 g/mol. The van der Waals surface area contributed by atoms with Crippen molar-refractivity contribution in [1.29, 1.82) is 0 Å². The Kier molecular flexibility index (Phi) is 4.55. The summed E-state index contributed by atoms with van der Waals surface area (Å²) in [5.74, 6) is -1.54. The Morgan fingerprint density at radius 1 is 1.44 bits per heavy atom. The van der Waals surface area contributed by atoms with Gasteiger partial charge in [-0.25, -0.2) is 8.78 Å². The van der Waals surface area contributed by atoms with Crippen molar-refractivity contribution in [2.75, 3.05) is 7.11 Å². The first-order valence-electron chi connectivity index (χ1n) is 5.08. The van der Waals surface area contributed by atoms with Gasteiger partial charge in [-0.3, -0.25) is 4.79 Å². The summed E-state index contributed by atoms with van der Waals surface area (Å²) < 4.78 is 30.8. The van der Waals surface area contributed by atoms with Crippen molar-refractivity contribution in [3.63, 3.8) is 0 Å². The van der Waals surface area contributed by atoms with Crippen molar-refractivity contribution in [1.82, 2.24) is 0 Å². The summed E-state index contributed by atoms with van der Waals surface area (Å²) in [6.45, 7) is 1.81. The smallest absolute Gasteiger partial charge is 0.165 e. The number of Topliss-reactive ketones (excluding diaryl/α,β-unsaturated/α-hetero) is 1. The SMILES string of the molecule is CCC(OC)C(=O)Cc1ccc(F)cc1F. The summed E-state index contributed by atoms with van der Waals surface area (Å²) in [5, 5.41) is 0. The summed E-state index contributed by atoms with van der Waals surface area (Å²) >= 11 is 0. The maximum Gasteiger partial charge on any atom is 0.165 e. The van der Waals surface area contributed by atoms with Gasteiger partial charge in [0.2, 0.25) is 0 Å². The van der Waals surface area contributed by atoms with Crippen LogP contribution in [0.5, 0.6) is 0 Å². The molecule has 16 heavy (non-hydrogen) atoms. The number of hydrogen-bond donors (Lipinski definition) is 0. The lowest BCUT2D eigenvalue weighted by Crippen LogP contribution is -2.24. The van der Waals surface area contributed by atoms with E-state index in [1.807, 2.05) is 6.92 Å². The summed E-state index contributed by atoms with van der Waals surface area (Å²) in [5.41, 5.74) is 0.196. The van der Waals surface area contributed by atoms with Crippen LogP contribution in [0.15, 0.2) is 18.2 Å². The molecule has 88 valence electrons. The Morgan fingerprint density at radius 2 is 2.12 bits per heavy atom. The fourth-order valence-electron chi connectivity index (χ4n) is 1.49. The maximum atomic E-state index is 13.2. The molecule has 0 heterocycles. The molecule has 1 aromatic rings. The van der Waals surface area contributed by atoms with Gasteiger partial charge in [0.25, 0.3) is 0 Å². The largest absolute Gasteiger partial charge is 0.374 e. The van der Waals surface area contributed by atoms with E-state index in [0.717, 1.165) is 12.1 Å².